The predicted octanol–water partition coefficient (Wildman–Crippen LogP) is 2.79. The molecule has 5 heteroatoms. The van der Waals surface area contributed by atoms with Crippen molar-refractivity contribution < 1.29 is 8.42 Å². The summed E-state index contributed by atoms with van der Waals surface area (Å²) in [6.07, 6.45) is 4.89. The smallest absolute Gasteiger partial charge is 0.150 e. The summed E-state index contributed by atoms with van der Waals surface area (Å²) in [4.78, 5) is 0. The minimum atomic E-state index is -2.91. The normalized spacial score (nSPS) is 24.3. The topological polar surface area (TPSA) is 46.2 Å². The highest BCUT2D eigenvalue weighted by molar-refractivity contribution is 7.91. The maximum atomic E-state index is 11.6. The largest absolute Gasteiger partial charge is 0.310 e. The first-order valence-corrected chi connectivity index (χ1v) is 8.95. The van der Waals surface area contributed by atoms with Crippen molar-refractivity contribution in [3.8, 4) is 0 Å². The number of rotatable bonds is 4. The molecule has 0 saturated heterocycles. The molecular formula is C14H20ClNO2S. The molecule has 0 radical (unpaired) electrons. The van der Waals surface area contributed by atoms with E-state index in [1.807, 2.05) is 24.3 Å². The van der Waals surface area contributed by atoms with Crippen LogP contribution in [0.4, 0.5) is 0 Å². The molecule has 0 bridgehead atoms. The Bertz CT molecular complexity index is 530. The van der Waals surface area contributed by atoms with Crippen LogP contribution in [0.5, 0.6) is 0 Å². The van der Waals surface area contributed by atoms with E-state index in [1.165, 1.54) is 6.26 Å². The van der Waals surface area contributed by atoms with E-state index in [4.69, 9.17) is 11.6 Å². The second-order valence-electron chi connectivity index (χ2n) is 5.33. The molecule has 0 spiro atoms. The van der Waals surface area contributed by atoms with E-state index in [2.05, 4.69) is 5.32 Å². The lowest BCUT2D eigenvalue weighted by atomic mass is 9.95. The summed E-state index contributed by atoms with van der Waals surface area (Å²) < 4.78 is 23.2. The number of hydrogen-bond donors (Lipinski definition) is 1. The van der Waals surface area contributed by atoms with Crippen LogP contribution in [-0.4, -0.2) is 26.0 Å². The summed E-state index contributed by atoms with van der Waals surface area (Å²) in [6, 6.07) is 8.03. The summed E-state index contributed by atoms with van der Waals surface area (Å²) in [5.74, 6) is 0. The highest BCUT2D eigenvalue weighted by Gasteiger charge is 2.28. The van der Waals surface area contributed by atoms with E-state index < -0.39 is 9.84 Å². The Balaban J connectivity index is 1.89. The van der Waals surface area contributed by atoms with Crippen LogP contribution in [0.3, 0.4) is 0 Å². The first-order chi connectivity index (χ1) is 8.95. The molecule has 1 aromatic rings. The molecular weight excluding hydrogens is 282 g/mol. The fourth-order valence-corrected chi connectivity index (χ4v) is 4.02. The number of sulfone groups is 1. The summed E-state index contributed by atoms with van der Waals surface area (Å²) in [7, 11) is -2.91. The van der Waals surface area contributed by atoms with Gasteiger partial charge in [-0.2, -0.15) is 0 Å². The van der Waals surface area contributed by atoms with Crippen LogP contribution in [0.1, 0.15) is 31.2 Å². The Morgan fingerprint density at radius 3 is 2.84 bits per heavy atom. The van der Waals surface area contributed by atoms with Gasteiger partial charge in [-0.05, 0) is 37.0 Å². The maximum absolute atomic E-state index is 11.6. The maximum Gasteiger partial charge on any atom is 0.150 e. The third-order valence-corrected chi connectivity index (χ3v) is 5.59. The number of hydrogen-bond acceptors (Lipinski definition) is 3. The number of nitrogens with one attached hydrogen (secondary N) is 1. The minimum absolute atomic E-state index is 0.182. The van der Waals surface area contributed by atoms with Gasteiger partial charge in [0.05, 0.1) is 5.25 Å². The van der Waals surface area contributed by atoms with Crippen molar-refractivity contribution >= 4 is 21.4 Å². The van der Waals surface area contributed by atoms with Crippen LogP contribution in [0, 0.1) is 0 Å². The molecule has 0 heterocycles. The summed E-state index contributed by atoms with van der Waals surface area (Å²) >= 11 is 5.94. The van der Waals surface area contributed by atoms with Gasteiger partial charge in [-0.3, -0.25) is 0 Å². The molecule has 2 atom stereocenters. The molecule has 1 saturated carbocycles. The van der Waals surface area contributed by atoms with Gasteiger partial charge in [-0.15, -0.1) is 0 Å². The SMILES string of the molecule is CS(=O)(=O)C1CCCC(NCc2cccc(Cl)c2)C1. The first kappa shape index (κ1) is 14.8. The van der Waals surface area contributed by atoms with Crippen molar-refractivity contribution in [3.05, 3.63) is 34.9 Å². The second-order valence-corrected chi connectivity index (χ2v) is 8.09. The van der Waals surface area contributed by atoms with Gasteiger partial charge in [0, 0.05) is 23.9 Å². The van der Waals surface area contributed by atoms with E-state index in [1.54, 1.807) is 0 Å². The van der Waals surface area contributed by atoms with Gasteiger partial charge in [0.1, 0.15) is 9.84 Å². The van der Waals surface area contributed by atoms with E-state index >= 15 is 0 Å². The van der Waals surface area contributed by atoms with Gasteiger partial charge in [-0.1, -0.05) is 30.2 Å². The van der Waals surface area contributed by atoms with Gasteiger partial charge < -0.3 is 5.32 Å². The van der Waals surface area contributed by atoms with Crippen LogP contribution >= 0.6 is 11.6 Å². The lowest BCUT2D eigenvalue weighted by Crippen LogP contribution is -2.38. The van der Waals surface area contributed by atoms with Crippen molar-refractivity contribution in [3.63, 3.8) is 0 Å². The van der Waals surface area contributed by atoms with E-state index in [0.29, 0.717) is 0 Å². The summed E-state index contributed by atoms with van der Waals surface area (Å²) in [6.45, 7) is 0.738. The fraction of sp³-hybridized carbons (Fsp3) is 0.571. The van der Waals surface area contributed by atoms with Crippen LogP contribution in [0.2, 0.25) is 5.02 Å². The molecule has 0 aliphatic heterocycles. The van der Waals surface area contributed by atoms with Crippen molar-refractivity contribution in [2.75, 3.05) is 6.26 Å². The second kappa shape index (κ2) is 6.25. The molecule has 19 heavy (non-hydrogen) atoms. The zero-order valence-electron chi connectivity index (χ0n) is 11.1. The van der Waals surface area contributed by atoms with E-state index in [0.717, 1.165) is 42.8 Å². The molecule has 2 unspecified atom stereocenters. The molecule has 1 aliphatic carbocycles. The predicted molar refractivity (Wildman–Crippen MR) is 79.2 cm³/mol. The van der Waals surface area contributed by atoms with Crippen LogP contribution in [0.15, 0.2) is 24.3 Å². The zero-order chi connectivity index (χ0) is 13.9. The van der Waals surface area contributed by atoms with Crippen molar-refractivity contribution in [2.24, 2.45) is 0 Å². The van der Waals surface area contributed by atoms with Crippen molar-refractivity contribution in [1.29, 1.82) is 0 Å². The summed E-state index contributed by atoms with van der Waals surface area (Å²) in [5, 5.41) is 4.00. The third kappa shape index (κ3) is 4.48. The van der Waals surface area contributed by atoms with E-state index in [9.17, 15) is 8.42 Å². The fourth-order valence-electron chi connectivity index (χ4n) is 2.63. The molecule has 106 valence electrons. The molecule has 0 amide bonds. The molecule has 2 rings (SSSR count). The zero-order valence-corrected chi connectivity index (χ0v) is 12.7. The quantitative estimate of drug-likeness (QED) is 0.930. The molecule has 1 fully saturated rings. The average molecular weight is 302 g/mol. The van der Waals surface area contributed by atoms with Gasteiger partial charge >= 0.3 is 0 Å². The molecule has 1 aliphatic rings. The highest BCUT2D eigenvalue weighted by atomic mass is 35.5. The number of benzene rings is 1. The minimum Gasteiger partial charge on any atom is -0.310 e. The van der Waals surface area contributed by atoms with Gasteiger partial charge in [0.2, 0.25) is 0 Å². The average Bonchev–Trinajstić information content (AvgIpc) is 2.36. The lowest BCUT2D eigenvalue weighted by molar-refractivity contribution is 0.371. The Labute approximate surface area is 120 Å². The van der Waals surface area contributed by atoms with Crippen LogP contribution < -0.4 is 5.32 Å². The van der Waals surface area contributed by atoms with Crippen molar-refractivity contribution in [2.45, 2.75) is 43.5 Å². The monoisotopic (exact) mass is 301 g/mol. The standard InChI is InChI=1S/C14H20ClNO2S/c1-19(17,18)14-7-3-6-13(9-14)16-10-11-4-2-5-12(15)8-11/h2,4-5,8,13-14,16H,3,6-7,9-10H2,1H3. The molecule has 0 aromatic heterocycles. The van der Waals surface area contributed by atoms with Gasteiger partial charge in [0.25, 0.3) is 0 Å². The lowest BCUT2D eigenvalue weighted by Gasteiger charge is -2.28. The van der Waals surface area contributed by atoms with Crippen LogP contribution in [0.25, 0.3) is 0 Å². The molecule has 3 nitrogen and oxygen atoms in total. The van der Waals surface area contributed by atoms with Gasteiger partial charge in [0.15, 0.2) is 0 Å². The Morgan fingerprint density at radius 2 is 2.16 bits per heavy atom. The van der Waals surface area contributed by atoms with Crippen molar-refractivity contribution in [1.82, 2.24) is 5.32 Å². The van der Waals surface area contributed by atoms with E-state index in [-0.39, 0.29) is 11.3 Å². The Hall–Kier alpha value is -0.580. The molecule has 1 aromatic carbocycles. The first-order valence-electron chi connectivity index (χ1n) is 6.62. The number of halogens is 1. The Morgan fingerprint density at radius 1 is 1.37 bits per heavy atom. The highest BCUT2D eigenvalue weighted by Crippen LogP contribution is 2.24. The summed E-state index contributed by atoms with van der Waals surface area (Å²) in [5.41, 5.74) is 1.13. The third-order valence-electron chi connectivity index (χ3n) is 3.72. The molecule has 1 N–H and O–H groups in total. The Kier molecular flexibility index (Phi) is 4.87. The van der Waals surface area contributed by atoms with Crippen LogP contribution in [-0.2, 0) is 16.4 Å². The van der Waals surface area contributed by atoms with Gasteiger partial charge in [-0.25, -0.2) is 8.42 Å².